The molecular weight excluding hydrogens is 406 g/mol. The molecule has 1 heterocycles. The van der Waals surface area contributed by atoms with Crippen molar-refractivity contribution in [3.05, 3.63) is 71.8 Å². The van der Waals surface area contributed by atoms with Crippen LogP contribution in [-0.2, 0) is 17.8 Å². The number of benzene rings is 2. The smallest absolute Gasteiger partial charge is 0.254 e. The highest BCUT2D eigenvalue weighted by Gasteiger charge is 2.25. The average molecular weight is 438 g/mol. The molecule has 0 spiro atoms. The summed E-state index contributed by atoms with van der Waals surface area (Å²) in [6.45, 7) is 7.06. The third-order valence-electron chi connectivity index (χ3n) is 5.53. The fourth-order valence-corrected chi connectivity index (χ4v) is 3.82. The molecule has 1 aliphatic heterocycles. The van der Waals surface area contributed by atoms with Crippen LogP contribution >= 0.6 is 0 Å². The van der Waals surface area contributed by atoms with Gasteiger partial charge in [-0.05, 0) is 24.1 Å². The van der Waals surface area contributed by atoms with E-state index < -0.39 is 0 Å². The van der Waals surface area contributed by atoms with Crippen molar-refractivity contribution in [3.63, 3.8) is 0 Å². The first-order valence-corrected chi connectivity index (χ1v) is 10.7. The Morgan fingerprint density at radius 3 is 2.41 bits per heavy atom. The van der Waals surface area contributed by atoms with Gasteiger partial charge in [0, 0.05) is 43.9 Å². The minimum absolute atomic E-state index is 0.0115. The molecular formula is C25H31N3O4. The van der Waals surface area contributed by atoms with Crippen LogP contribution < -0.4 is 14.8 Å². The molecule has 0 bridgehead atoms. The topological polar surface area (TPSA) is 71.1 Å². The van der Waals surface area contributed by atoms with Gasteiger partial charge in [-0.3, -0.25) is 14.5 Å². The maximum Gasteiger partial charge on any atom is 0.254 e. The Labute approximate surface area is 189 Å². The molecule has 7 heteroatoms. The molecule has 0 unspecified atom stereocenters. The van der Waals surface area contributed by atoms with Crippen molar-refractivity contribution in [3.8, 4) is 11.5 Å². The van der Waals surface area contributed by atoms with E-state index in [0.717, 1.165) is 11.1 Å². The molecule has 2 amide bonds. The van der Waals surface area contributed by atoms with Gasteiger partial charge in [-0.2, -0.15) is 0 Å². The molecule has 0 radical (unpaired) electrons. The Morgan fingerprint density at radius 1 is 1.06 bits per heavy atom. The van der Waals surface area contributed by atoms with Gasteiger partial charge in [0.1, 0.15) is 0 Å². The molecule has 0 saturated carbocycles. The molecule has 1 aliphatic rings. The fourth-order valence-electron chi connectivity index (χ4n) is 3.82. The summed E-state index contributed by atoms with van der Waals surface area (Å²) in [4.78, 5) is 29.3. The summed E-state index contributed by atoms with van der Waals surface area (Å²) in [6.07, 6.45) is 2.35. The van der Waals surface area contributed by atoms with E-state index in [-0.39, 0.29) is 11.8 Å². The van der Waals surface area contributed by atoms with Crippen LogP contribution in [0.3, 0.4) is 0 Å². The first-order valence-electron chi connectivity index (χ1n) is 10.7. The molecule has 0 aromatic heterocycles. The number of carbonyl (C=O) groups excluding carboxylic acids is 2. The Balaban J connectivity index is 1.55. The summed E-state index contributed by atoms with van der Waals surface area (Å²) in [7, 11) is 3.15. The van der Waals surface area contributed by atoms with Crippen LogP contribution in [0.25, 0.3) is 0 Å². The number of carbonyl (C=O) groups is 2. The second-order valence-electron chi connectivity index (χ2n) is 7.69. The van der Waals surface area contributed by atoms with Crippen molar-refractivity contribution in [1.82, 2.24) is 15.1 Å². The van der Waals surface area contributed by atoms with Gasteiger partial charge in [0.25, 0.3) is 5.91 Å². The van der Waals surface area contributed by atoms with Gasteiger partial charge in [0.15, 0.2) is 11.5 Å². The quantitative estimate of drug-likeness (QED) is 0.611. The molecule has 32 heavy (non-hydrogen) atoms. The van der Waals surface area contributed by atoms with Crippen LogP contribution in [0.1, 0.15) is 21.5 Å². The van der Waals surface area contributed by atoms with Crippen LogP contribution in [0.15, 0.2) is 55.1 Å². The van der Waals surface area contributed by atoms with Crippen molar-refractivity contribution in [2.45, 2.75) is 13.0 Å². The zero-order valence-corrected chi connectivity index (χ0v) is 18.8. The number of methoxy groups -OCH3 is 2. The van der Waals surface area contributed by atoms with E-state index in [1.54, 1.807) is 26.4 Å². The van der Waals surface area contributed by atoms with Gasteiger partial charge in [0.05, 0.1) is 20.8 Å². The Hall–Kier alpha value is -3.32. The first-order chi connectivity index (χ1) is 15.5. The van der Waals surface area contributed by atoms with Crippen LogP contribution in [0.4, 0.5) is 0 Å². The third kappa shape index (κ3) is 5.88. The van der Waals surface area contributed by atoms with Gasteiger partial charge in [0.2, 0.25) is 5.91 Å². The lowest BCUT2D eigenvalue weighted by Gasteiger charge is -2.34. The molecule has 1 saturated heterocycles. The van der Waals surface area contributed by atoms with E-state index in [0.29, 0.717) is 62.8 Å². The maximum absolute atomic E-state index is 13.1. The number of hydrogen-bond donors (Lipinski definition) is 1. The molecule has 170 valence electrons. The molecule has 0 atom stereocenters. The summed E-state index contributed by atoms with van der Waals surface area (Å²) in [5.41, 5.74) is 2.49. The number of nitrogens with one attached hydrogen (secondary N) is 1. The van der Waals surface area contributed by atoms with Gasteiger partial charge < -0.3 is 19.7 Å². The van der Waals surface area contributed by atoms with E-state index in [1.807, 2.05) is 41.3 Å². The zero-order valence-electron chi connectivity index (χ0n) is 18.8. The summed E-state index contributed by atoms with van der Waals surface area (Å²) in [5, 5.41) is 2.95. The number of piperazine rings is 1. The minimum Gasteiger partial charge on any atom is -0.493 e. The van der Waals surface area contributed by atoms with Crippen LogP contribution in [-0.4, -0.2) is 68.6 Å². The highest BCUT2D eigenvalue weighted by molar-refractivity contribution is 5.95. The zero-order chi connectivity index (χ0) is 22.9. The van der Waals surface area contributed by atoms with Gasteiger partial charge in [-0.25, -0.2) is 0 Å². The molecule has 2 aromatic rings. The molecule has 3 rings (SSSR count). The largest absolute Gasteiger partial charge is 0.493 e. The third-order valence-corrected chi connectivity index (χ3v) is 5.53. The summed E-state index contributed by atoms with van der Waals surface area (Å²) < 4.78 is 10.9. The normalized spacial score (nSPS) is 14.0. The molecule has 1 N–H and O–H groups in total. The van der Waals surface area contributed by atoms with Crippen LogP contribution in [0.2, 0.25) is 0 Å². The average Bonchev–Trinajstić information content (AvgIpc) is 2.83. The molecule has 0 aliphatic carbocycles. The van der Waals surface area contributed by atoms with Crippen molar-refractivity contribution >= 4 is 11.8 Å². The summed E-state index contributed by atoms with van der Waals surface area (Å²) in [5.74, 6) is 1.09. The second-order valence-corrected chi connectivity index (χ2v) is 7.69. The van der Waals surface area contributed by atoms with E-state index >= 15 is 0 Å². The number of nitrogens with zero attached hydrogens (tertiary/aromatic N) is 2. The number of ether oxygens (including phenoxy) is 2. The predicted octanol–water partition coefficient (Wildman–Crippen LogP) is 2.51. The predicted molar refractivity (Wildman–Crippen MR) is 124 cm³/mol. The number of rotatable bonds is 9. The highest BCUT2D eigenvalue weighted by atomic mass is 16.5. The number of hydrogen-bond acceptors (Lipinski definition) is 5. The lowest BCUT2D eigenvalue weighted by Crippen LogP contribution is -2.51. The van der Waals surface area contributed by atoms with Gasteiger partial charge >= 0.3 is 0 Å². The lowest BCUT2D eigenvalue weighted by molar-refractivity contribution is -0.122. The molecule has 7 nitrogen and oxygen atoms in total. The number of amides is 2. The van der Waals surface area contributed by atoms with E-state index in [4.69, 9.17) is 9.47 Å². The van der Waals surface area contributed by atoms with Crippen LogP contribution in [0.5, 0.6) is 11.5 Å². The monoisotopic (exact) mass is 437 g/mol. The highest BCUT2D eigenvalue weighted by Crippen LogP contribution is 2.33. The number of allylic oxidation sites excluding steroid dienone is 1. The fraction of sp³-hybridized carbons (Fsp3) is 0.360. The van der Waals surface area contributed by atoms with Crippen molar-refractivity contribution in [2.75, 3.05) is 46.9 Å². The standard InChI is InChI=1S/C25H31N3O4/c1-4-8-20-15-21(16-22(31-2)24(20)32-3)25(30)28-13-11-27(12-14-28)18-23(29)26-17-19-9-6-5-7-10-19/h4-7,9-10,15-16H,1,8,11-14,17-18H2,2-3H3,(H,26,29). The Bertz CT molecular complexity index is 938. The summed E-state index contributed by atoms with van der Waals surface area (Å²) in [6, 6.07) is 13.4. The van der Waals surface area contributed by atoms with Crippen molar-refractivity contribution in [1.29, 1.82) is 0 Å². The molecule has 1 fully saturated rings. The van der Waals surface area contributed by atoms with Crippen molar-refractivity contribution in [2.24, 2.45) is 0 Å². The van der Waals surface area contributed by atoms with Gasteiger partial charge in [-0.15, -0.1) is 6.58 Å². The second kappa shape index (κ2) is 11.3. The lowest BCUT2D eigenvalue weighted by atomic mass is 10.0. The van der Waals surface area contributed by atoms with Gasteiger partial charge in [-0.1, -0.05) is 36.4 Å². The van der Waals surface area contributed by atoms with E-state index in [2.05, 4.69) is 16.8 Å². The van der Waals surface area contributed by atoms with Crippen LogP contribution in [0, 0.1) is 0 Å². The molecule has 2 aromatic carbocycles. The van der Waals surface area contributed by atoms with E-state index in [1.165, 1.54) is 0 Å². The van der Waals surface area contributed by atoms with E-state index in [9.17, 15) is 9.59 Å². The SMILES string of the molecule is C=CCc1cc(C(=O)N2CCN(CC(=O)NCc3ccccc3)CC2)cc(OC)c1OC. The van der Waals surface area contributed by atoms with Crippen molar-refractivity contribution < 1.29 is 19.1 Å². The summed E-state index contributed by atoms with van der Waals surface area (Å²) >= 11 is 0. The first kappa shape index (κ1) is 23.3. The maximum atomic E-state index is 13.1. The minimum atomic E-state index is -0.0514. The Morgan fingerprint density at radius 2 is 1.78 bits per heavy atom. The Kier molecular flexibility index (Phi) is 8.27.